The number of aromatic nitrogens is 1. The molecule has 0 radical (unpaired) electrons. The van der Waals surface area contributed by atoms with Crippen LogP contribution in [0.4, 0.5) is 10.8 Å². The molecule has 0 bridgehead atoms. The van der Waals surface area contributed by atoms with Crippen molar-refractivity contribution in [1.29, 1.82) is 0 Å². The van der Waals surface area contributed by atoms with Gasteiger partial charge in [0.25, 0.3) is 5.91 Å². The van der Waals surface area contributed by atoms with Crippen molar-refractivity contribution < 1.29 is 24.2 Å². The van der Waals surface area contributed by atoms with Gasteiger partial charge in [0.15, 0.2) is 5.13 Å². The van der Waals surface area contributed by atoms with E-state index in [4.69, 9.17) is 51.1 Å². The second-order valence-corrected chi connectivity index (χ2v) is 13.0. The van der Waals surface area contributed by atoms with Crippen LogP contribution in [0, 0.1) is 0 Å². The van der Waals surface area contributed by atoms with E-state index in [1.807, 2.05) is 60.0 Å². The molecule has 1 aromatic heterocycles. The first kappa shape index (κ1) is 33.6. The fourth-order valence-electron chi connectivity index (χ4n) is 4.34. The molecule has 2 amide bonds. The molecule has 234 valence electrons. The van der Waals surface area contributed by atoms with Gasteiger partial charge in [0.1, 0.15) is 11.0 Å². The van der Waals surface area contributed by atoms with Crippen LogP contribution in [0.1, 0.15) is 31.5 Å². The number of thiazole rings is 1. The van der Waals surface area contributed by atoms with Gasteiger partial charge >= 0.3 is 5.97 Å². The van der Waals surface area contributed by atoms with Gasteiger partial charge in [-0.3, -0.25) is 9.59 Å². The maximum Gasteiger partial charge on any atom is 0.338 e. The number of thioether (sulfide) groups is 1. The molecule has 5 aromatic rings. The first-order chi connectivity index (χ1) is 22.1. The van der Waals surface area contributed by atoms with Gasteiger partial charge < -0.3 is 20.5 Å². The van der Waals surface area contributed by atoms with E-state index in [0.29, 0.717) is 27.2 Å². The lowest BCUT2D eigenvalue weighted by Gasteiger charge is -2.17. The number of carboxylic acids is 1. The molecule has 0 aliphatic rings. The Balaban J connectivity index is 1.38. The van der Waals surface area contributed by atoms with Crippen LogP contribution in [0.5, 0.6) is 5.75 Å². The number of hydrogen-bond donors (Lipinski definition) is 3. The molecular formula is C32H21Cl4N3O5S2. The van der Waals surface area contributed by atoms with Gasteiger partial charge in [0.05, 0.1) is 44.0 Å². The van der Waals surface area contributed by atoms with E-state index >= 15 is 0 Å². The van der Waals surface area contributed by atoms with Gasteiger partial charge in [0.2, 0.25) is 5.91 Å². The van der Waals surface area contributed by atoms with Crippen molar-refractivity contribution in [3.05, 3.63) is 121 Å². The fraction of sp³-hybridized carbons (Fsp3) is 0.0625. The minimum absolute atomic E-state index is 0.250. The lowest BCUT2D eigenvalue weighted by molar-refractivity contribution is -0.115. The lowest BCUT2D eigenvalue weighted by atomic mass is 10.1. The lowest BCUT2D eigenvalue weighted by Crippen LogP contribution is -2.19. The number of benzene rings is 4. The molecule has 3 N–H and O–H groups in total. The Kier molecular flexibility index (Phi) is 10.8. The van der Waals surface area contributed by atoms with Crippen LogP contribution >= 0.6 is 69.5 Å². The second kappa shape index (κ2) is 14.8. The van der Waals surface area contributed by atoms with Crippen LogP contribution in [0.15, 0.2) is 89.1 Å². The molecule has 8 nitrogen and oxygen atoms in total. The molecule has 0 fully saturated rings. The van der Waals surface area contributed by atoms with E-state index in [1.54, 1.807) is 31.4 Å². The zero-order valence-electron chi connectivity index (χ0n) is 23.5. The van der Waals surface area contributed by atoms with Crippen molar-refractivity contribution in [3.8, 4) is 17.0 Å². The number of anilines is 2. The van der Waals surface area contributed by atoms with Crippen molar-refractivity contribution in [2.45, 2.75) is 10.1 Å². The molecule has 1 heterocycles. The quantitative estimate of drug-likeness (QED) is 0.0743. The number of halogens is 4. The monoisotopic (exact) mass is 731 g/mol. The first-order valence-electron chi connectivity index (χ1n) is 13.2. The molecule has 0 aliphatic carbocycles. The van der Waals surface area contributed by atoms with Crippen LogP contribution in [0.2, 0.25) is 20.1 Å². The third-order valence-corrected chi connectivity index (χ3v) is 10.3. The number of ether oxygens (including phenoxy) is 1. The number of rotatable bonds is 10. The maximum atomic E-state index is 13.7. The molecule has 14 heteroatoms. The zero-order chi connectivity index (χ0) is 33.0. The number of nitrogens with zero attached hydrogens (tertiary/aromatic N) is 1. The largest absolute Gasteiger partial charge is 0.497 e. The Morgan fingerprint density at radius 2 is 1.54 bits per heavy atom. The van der Waals surface area contributed by atoms with Gasteiger partial charge in [-0.05, 0) is 35.9 Å². The number of hydrogen-bond acceptors (Lipinski definition) is 7. The van der Waals surface area contributed by atoms with Crippen molar-refractivity contribution in [2.24, 2.45) is 0 Å². The fourth-order valence-corrected chi connectivity index (χ4v) is 7.17. The molecule has 5 rings (SSSR count). The molecule has 46 heavy (non-hydrogen) atoms. The molecule has 0 spiro atoms. The predicted octanol–water partition coefficient (Wildman–Crippen LogP) is 9.85. The molecule has 0 saturated heterocycles. The third kappa shape index (κ3) is 7.44. The first-order valence-corrected chi connectivity index (χ1v) is 16.5. The van der Waals surface area contributed by atoms with Gasteiger partial charge in [-0.2, -0.15) is 0 Å². The number of amides is 2. The van der Waals surface area contributed by atoms with Gasteiger partial charge in [-0.25, -0.2) is 9.78 Å². The summed E-state index contributed by atoms with van der Waals surface area (Å²) in [5.74, 6) is -1.98. The topological polar surface area (TPSA) is 118 Å². The summed E-state index contributed by atoms with van der Waals surface area (Å²) in [4.78, 5) is 44.1. The average molecular weight is 733 g/mol. The molecule has 1 atom stereocenters. The van der Waals surface area contributed by atoms with Crippen molar-refractivity contribution in [2.75, 3.05) is 17.7 Å². The number of aromatic carboxylic acids is 1. The summed E-state index contributed by atoms with van der Waals surface area (Å²) < 4.78 is 5.31. The average Bonchev–Trinajstić information content (AvgIpc) is 3.53. The van der Waals surface area contributed by atoms with Gasteiger partial charge in [-0.1, -0.05) is 94.9 Å². The minimum Gasteiger partial charge on any atom is -0.497 e. The summed E-state index contributed by atoms with van der Waals surface area (Å²) >= 11 is 27.0. The highest BCUT2D eigenvalue weighted by molar-refractivity contribution is 8.00. The summed E-state index contributed by atoms with van der Waals surface area (Å²) in [5.41, 5.74) is 1.57. The van der Waals surface area contributed by atoms with Gasteiger partial charge in [-0.15, -0.1) is 23.1 Å². The number of carboxylic acid groups (broad SMARTS) is 1. The second-order valence-electron chi connectivity index (χ2n) is 9.46. The summed E-state index contributed by atoms with van der Waals surface area (Å²) in [7, 11) is 1.59. The summed E-state index contributed by atoms with van der Waals surface area (Å²) in [6.07, 6.45) is 0. The van der Waals surface area contributed by atoms with Crippen molar-refractivity contribution in [3.63, 3.8) is 0 Å². The maximum absolute atomic E-state index is 13.7. The highest BCUT2D eigenvalue weighted by atomic mass is 35.5. The van der Waals surface area contributed by atoms with E-state index in [1.165, 1.54) is 23.1 Å². The number of methoxy groups -OCH3 is 1. The highest BCUT2D eigenvalue weighted by Gasteiger charge is 2.29. The molecule has 4 aromatic carbocycles. The van der Waals surface area contributed by atoms with Crippen LogP contribution in [0.3, 0.4) is 0 Å². The standard InChI is InChI=1S/C32H21Cl4N3O5S2/c1-44-19-11-5-9-17(13-19)21-15-45-32(38-21)39-30(41)28(16-7-3-2-4-8-16)46-20-12-6-10-18(14-20)37-29(40)22-23(31(42)43)25(34)27(36)26(35)24(22)33/h2-15,28H,1H3,(H,37,40)(H,42,43)(H,38,39,41). The molecule has 0 aliphatic heterocycles. The minimum atomic E-state index is -1.51. The number of carbonyl (C=O) groups is 3. The zero-order valence-corrected chi connectivity index (χ0v) is 28.2. The Hall–Kier alpha value is -3.77. The SMILES string of the molecule is COc1cccc(-c2csc(NC(=O)C(Sc3cccc(NC(=O)c4c(Cl)c(Cl)c(Cl)c(Cl)c4C(=O)O)c3)c3ccccc3)n2)c1. The van der Waals surface area contributed by atoms with E-state index in [2.05, 4.69) is 15.6 Å². The normalized spacial score (nSPS) is 11.5. The third-order valence-electron chi connectivity index (χ3n) is 6.49. The molecule has 0 saturated carbocycles. The smallest absolute Gasteiger partial charge is 0.338 e. The van der Waals surface area contributed by atoms with Crippen LogP contribution in [0.25, 0.3) is 11.3 Å². The van der Waals surface area contributed by atoms with Crippen molar-refractivity contribution >= 4 is 98.1 Å². The number of carbonyl (C=O) groups excluding carboxylic acids is 2. The summed E-state index contributed by atoms with van der Waals surface area (Å²) in [5, 5.41) is 15.6. The molecule has 1 unspecified atom stereocenters. The summed E-state index contributed by atoms with van der Waals surface area (Å²) in [6.45, 7) is 0. The van der Waals surface area contributed by atoms with E-state index in [9.17, 15) is 19.5 Å². The number of nitrogens with one attached hydrogen (secondary N) is 2. The predicted molar refractivity (Wildman–Crippen MR) is 186 cm³/mol. The Morgan fingerprint density at radius 1 is 0.848 bits per heavy atom. The van der Waals surface area contributed by atoms with E-state index in [0.717, 1.165) is 11.1 Å². The Morgan fingerprint density at radius 3 is 2.24 bits per heavy atom. The Bertz CT molecular complexity index is 1960. The van der Waals surface area contributed by atoms with E-state index < -0.39 is 33.3 Å². The Labute approximate surface area is 291 Å². The van der Waals surface area contributed by atoms with Gasteiger partial charge in [0, 0.05) is 21.5 Å². The highest BCUT2D eigenvalue weighted by Crippen LogP contribution is 2.42. The van der Waals surface area contributed by atoms with Crippen LogP contribution < -0.4 is 15.4 Å². The van der Waals surface area contributed by atoms with E-state index in [-0.39, 0.29) is 21.0 Å². The molecular weight excluding hydrogens is 712 g/mol. The van der Waals surface area contributed by atoms with Crippen LogP contribution in [-0.2, 0) is 4.79 Å². The van der Waals surface area contributed by atoms with Crippen molar-refractivity contribution in [1.82, 2.24) is 4.98 Å². The van der Waals surface area contributed by atoms with Crippen LogP contribution in [-0.4, -0.2) is 35.0 Å². The summed E-state index contributed by atoms with van der Waals surface area (Å²) in [6, 6.07) is 23.4.